The highest BCUT2D eigenvalue weighted by Gasteiger charge is 2.12. The zero-order valence-electron chi connectivity index (χ0n) is 8.73. The second-order valence-electron chi connectivity index (χ2n) is 5.26. The first-order valence-electron chi connectivity index (χ1n) is 4.24. The largest absolute Gasteiger partial charge is 0.0989 e. The first-order chi connectivity index (χ1) is 4.71. The molecule has 0 nitrogen and oxygen atoms in total. The van der Waals surface area contributed by atoms with Gasteiger partial charge >= 0.3 is 0 Å². The lowest BCUT2D eigenvalue weighted by atomic mass is 10.8. The highest BCUT2D eigenvalue weighted by atomic mass is 28.3. The molecule has 1 radical (unpaired) electrons. The van der Waals surface area contributed by atoms with Crippen molar-refractivity contribution in [1.29, 1.82) is 0 Å². The summed E-state index contributed by atoms with van der Waals surface area (Å²) in [5.41, 5.74) is 2.41. The maximum Gasteiger partial charge on any atom is 0.0682 e. The maximum absolute atomic E-state index is 2.41. The smallest absolute Gasteiger partial charge is 0.0682 e. The summed E-state index contributed by atoms with van der Waals surface area (Å²) in [4.78, 5) is 0. The zero-order valence-corrected chi connectivity index (χ0v) is 10.7. The first kappa shape index (κ1) is 11.2. The van der Waals surface area contributed by atoms with Crippen LogP contribution in [0.1, 0.15) is 0 Å². The Morgan fingerprint density at radius 1 is 0.727 bits per heavy atom. The lowest BCUT2D eigenvalue weighted by Crippen LogP contribution is -2.21. The topological polar surface area (TPSA) is 0 Å². The van der Waals surface area contributed by atoms with Crippen LogP contribution in [0.2, 0.25) is 39.3 Å². The molecule has 11 heavy (non-hydrogen) atoms. The van der Waals surface area contributed by atoms with Crippen LogP contribution in [-0.4, -0.2) is 16.1 Å². The van der Waals surface area contributed by atoms with E-state index in [0.29, 0.717) is 0 Å². The third-order valence-electron chi connectivity index (χ3n) is 1.19. The Bertz CT molecular complexity index is 135. The van der Waals surface area contributed by atoms with Gasteiger partial charge in [-0.05, 0) is 6.04 Å². The van der Waals surface area contributed by atoms with E-state index in [9.17, 15) is 0 Å². The van der Waals surface area contributed by atoms with Crippen molar-refractivity contribution in [3.8, 4) is 0 Å². The van der Waals surface area contributed by atoms with Gasteiger partial charge in [0.1, 0.15) is 0 Å². The van der Waals surface area contributed by atoms with Gasteiger partial charge in [0.15, 0.2) is 0 Å². The maximum atomic E-state index is 2.41. The van der Waals surface area contributed by atoms with E-state index in [1.807, 2.05) is 0 Å². The molecule has 2 heteroatoms. The van der Waals surface area contributed by atoms with E-state index in [0.717, 1.165) is 0 Å². The van der Waals surface area contributed by atoms with Gasteiger partial charge in [0, 0.05) is 0 Å². The van der Waals surface area contributed by atoms with Gasteiger partial charge in [-0.3, -0.25) is 0 Å². The minimum Gasteiger partial charge on any atom is -0.0989 e. The molecule has 0 bridgehead atoms. The quantitative estimate of drug-likeness (QED) is 0.590. The minimum absolute atomic E-state index is 0.947. The molecule has 0 N–H and O–H groups in total. The van der Waals surface area contributed by atoms with E-state index in [2.05, 4.69) is 57.1 Å². The van der Waals surface area contributed by atoms with Gasteiger partial charge in [-0.15, -0.1) is 0 Å². The van der Waals surface area contributed by atoms with Crippen LogP contribution >= 0.6 is 0 Å². The van der Waals surface area contributed by atoms with E-state index < -0.39 is 16.1 Å². The Morgan fingerprint density at radius 3 is 1.45 bits per heavy atom. The number of allylic oxidation sites excluding steroid dienone is 1. The molecule has 0 saturated carbocycles. The summed E-state index contributed by atoms with van der Waals surface area (Å²) in [5.74, 6) is 0. The van der Waals surface area contributed by atoms with Gasteiger partial charge < -0.3 is 0 Å². The van der Waals surface area contributed by atoms with Gasteiger partial charge in [-0.2, -0.15) is 0 Å². The van der Waals surface area contributed by atoms with Crippen LogP contribution in [0.15, 0.2) is 11.8 Å². The lowest BCUT2D eigenvalue weighted by molar-refractivity contribution is 1.66. The monoisotopic (exact) mass is 185 g/mol. The molecule has 0 aliphatic rings. The fourth-order valence-electron chi connectivity index (χ4n) is 0.625. The summed E-state index contributed by atoms with van der Waals surface area (Å²) in [6.45, 7) is 14.2. The highest BCUT2D eigenvalue weighted by molar-refractivity contribution is 6.82. The fraction of sp³-hybridized carbons (Fsp3) is 0.667. The van der Waals surface area contributed by atoms with E-state index in [1.165, 1.54) is 0 Å². The molecule has 0 spiro atoms. The summed E-state index contributed by atoms with van der Waals surface area (Å²) < 4.78 is 0. The summed E-state index contributed by atoms with van der Waals surface area (Å²) in [5, 5.41) is 0. The molecule has 0 rings (SSSR count). The Balaban J connectivity index is 3.80. The Hall–Kier alpha value is 0.174. The van der Waals surface area contributed by atoms with Crippen molar-refractivity contribution >= 4 is 16.1 Å². The summed E-state index contributed by atoms with van der Waals surface area (Å²) >= 11 is 0. The molecule has 65 valence electrons. The van der Waals surface area contributed by atoms with Crippen LogP contribution < -0.4 is 0 Å². The van der Waals surface area contributed by atoms with Crippen LogP contribution in [0.3, 0.4) is 0 Å². The molecule has 0 aromatic heterocycles. The van der Waals surface area contributed by atoms with Crippen molar-refractivity contribution in [3.05, 3.63) is 17.8 Å². The van der Waals surface area contributed by atoms with Crippen LogP contribution in [-0.2, 0) is 0 Å². The van der Waals surface area contributed by atoms with Crippen molar-refractivity contribution in [2.45, 2.75) is 39.3 Å². The molecule has 0 heterocycles. The first-order valence-corrected chi connectivity index (χ1v) is 11.4. The Labute approximate surface area is 73.7 Å². The molecule has 0 aliphatic heterocycles. The van der Waals surface area contributed by atoms with Crippen molar-refractivity contribution in [2.24, 2.45) is 0 Å². The zero-order chi connectivity index (χ0) is 9.12. The highest BCUT2D eigenvalue weighted by Crippen LogP contribution is 2.08. The molecule has 0 unspecified atom stereocenters. The van der Waals surface area contributed by atoms with Crippen molar-refractivity contribution in [3.63, 3.8) is 0 Å². The second kappa shape index (κ2) is 3.72. The van der Waals surface area contributed by atoms with Gasteiger partial charge in [0.05, 0.1) is 16.1 Å². The molecular weight excluding hydrogens is 164 g/mol. The van der Waals surface area contributed by atoms with Gasteiger partial charge in [-0.1, -0.05) is 51.1 Å². The Kier molecular flexibility index (Phi) is 3.78. The van der Waals surface area contributed by atoms with Crippen molar-refractivity contribution < 1.29 is 0 Å². The molecule has 0 aromatic carbocycles. The molecule has 0 saturated heterocycles. The average molecular weight is 185 g/mol. The summed E-state index contributed by atoms with van der Waals surface area (Å²) in [6.07, 6.45) is 2.29. The normalized spacial score (nSPS) is 14.4. The van der Waals surface area contributed by atoms with Gasteiger partial charge in [0.25, 0.3) is 0 Å². The van der Waals surface area contributed by atoms with Crippen LogP contribution in [0.25, 0.3) is 0 Å². The molecule has 0 atom stereocenters. The average Bonchev–Trinajstić information content (AvgIpc) is 1.55. The third-order valence-corrected chi connectivity index (χ3v) is 3.58. The minimum atomic E-state index is -0.947. The van der Waals surface area contributed by atoms with E-state index >= 15 is 0 Å². The fourth-order valence-corrected chi connectivity index (χ4v) is 2.17. The SMILES string of the molecule is C[Si](C)(C)[CH]C=C[Si](C)(C)C. The van der Waals surface area contributed by atoms with Crippen molar-refractivity contribution in [1.82, 2.24) is 0 Å². The summed E-state index contributed by atoms with van der Waals surface area (Å²) in [7, 11) is -1.89. The molecule has 0 aliphatic carbocycles. The third kappa shape index (κ3) is 10.2. The van der Waals surface area contributed by atoms with E-state index in [4.69, 9.17) is 0 Å². The van der Waals surface area contributed by atoms with Gasteiger partial charge in [-0.25, -0.2) is 0 Å². The molecule has 0 amide bonds. The number of hydrogen-bond donors (Lipinski definition) is 0. The molecular formula is C9H21Si2. The lowest BCUT2D eigenvalue weighted by Gasteiger charge is -2.13. The Morgan fingerprint density at radius 2 is 1.18 bits per heavy atom. The molecule has 0 aromatic rings. The van der Waals surface area contributed by atoms with E-state index in [-0.39, 0.29) is 0 Å². The van der Waals surface area contributed by atoms with Crippen molar-refractivity contribution in [2.75, 3.05) is 0 Å². The predicted molar refractivity (Wildman–Crippen MR) is 60.1 cm³/mol. The molecule has 0 fully saturated rings. The second-order valence-corrected chi connectivity index (χ2v) is 15.4. The standard InChI is InChI=1S/C9H21Si2/c1-10(2,3)8-7-9-11(4,5)6/h7-9H,1-6H3. The van der Waals surface area contributed by atoms with E-state index in [1.54, 1.807) is 0 Å². The van der Waals surface area contributed by atoms with Crippen LogP contribution in [0.4, 0.5) is 0 Å². The van der Waals surface area contributed by atoms with Crippen LogP contribution in [0, 0.1) is 6.04 Å². The number of hydrogen-bond acceptors (Lipinski definition) is 0. The van der Waals surface area contributed by atoms with Gasteiger partial charge in [0.2, 0.25) is 0 Å². The number of rotatable bonds is 3. The van der Waals surface area contributed by atoms with Crippen LogP contribution in [0.5, 0.6) is 0 Å². The predicted octanol–water partition coefficient (Wildman–Crippen LogP) is 3.50. The summed E-state index contributed by atoms with van der Waals surface area (Å²) in [6, 6.07) is 2.41.